The summed E-state index contributed by atoms with van der Waals surface area (Å²) in [5, 5.41) is 17.3. The van der Waals surface area contributed by atoms with Crippen molar-refractivity contribution in [3.63, 3.8) is 0 Å². The molecule has 1 aliphatic heterocycles. The molecule has 2 aliphatic rings. The van der Waals surface area contributed by atoms with E-state index in [0.29, 0.717) is 10.6 Å². The topological polar surface area (TPSA) is 141 Å². The fourth-order valence-electron chi connectivity index (χ4n) is 2.95. The highest BCUT2D eigenvalue weighted by molar-refractivity contribution is 8.14. The molecular formula is C17H18ClN5O4S2. The number of thiophene rings is 1. The van der Waals surface area contributed by atoms with E-state index in [1.54, 1.807) is 0 Å². The summed E-state index contributed by atoms with van der Waals surface area (Å²) in [4.78, 5) is 51.9. The van der Waals surface area contributed by atoms with Crippen LogP contribution in [-0.4, -0.2) is 40.6 Å². The van der Waals surface area contributed by atoms with E-state index >= 15 is 0 Å². The van der Waals surface area contributed by atoms with Crippen molar-refractivity contribution < 1.29 is 19.2 Å². The predicted molar refractivity (Wildman–Crippen MR) is 112 cm³/mol. The monoisotopic (exact) mass is 455 g/mol. The van der Waals surface area contributed by atoms with Crippen LogP contribution in [0.2, 0.25) is 0 Å². The summed E-state index contributed by atoms with van der Waals surface area (Å²) in [6.07, 6.45) is 3.88. The van der Waals surface area contributed by atoms with E-state index in [1.165, 1.54) is 18.3 Å². The van der Waals surface area contributed by atoms with Gasteiger partial charge in [0.15, 0.2) is 11.2 Å². The number of amidine groups is 1. The summed E-state index contributed by atoms with van der Waals surface area (Å²) in [6, 6.07) is 0.820. The van der Waals surface area contributed by atoms with Crippen LogP contribution in [0.5, 0.6) is 0 Å². The normalized spacial score (nSPS) is 17.8. The first-order valence-corrected chi connectivity index (χ1v) is 10.4. The van der Waals surface area contributed by atoms with Gasteiger partial charge in [-0.25, -0.2) is 0 Å². The standard InChI is InChI=1S/C17H17N5O4S2.ClH/c1-8(23)19-13-14(25)21-17(22-15(13)26)27-7-12(24)20-16-10(6-18)9-4-2-3-5-11(9)28-16;/h13H,2-5,7H2,1H3,(H,19,23)(H,20,24)(H,21,22,25,26);1H. The number of hydrogen-bond donors (Lipinski definition) is 3. The lowest BCUT2D eigenvalue weighted by molar-refractivity contribution is -0.134. The Kier molecular flexibility index (Phi) is 7.78. The van der Waals surface area contributed by atoms with Crippen molar-refractivity contribution in [2.45, 2.75) is 38.6 Å². The predicted octanol–water partition coefficient (Wildman–Crippen LogP) is 1.11. The minimum atomic E-state index is -1.36. The smallest absolute Gasteiger partial charge is 0.280 e. The third-order valence-corrected chi connectivity index (χ3v) is 6.26. The van der Waals surface area contributed by atoms with Crippen molar-refractivity contribution in [2.75, 3.05) is 11.1 Å². The third kappa shape index (κ3) is 5.35. The highest BCUT2D eigenvalue weighted by Crippen LogP contribution is 2.37. The zero-order valence-electron chi connectivity index (χ0n) is 15.4. The zero-order chi connectivity index (χ0) is 20.3. The molecule has 0 saturated carbocycles. The number of amides is 4. The average Bonchev–Trinajstić information content (AvgIpc) is 2.99. The van der Waals surface area contributed by atoms with Crippen molar-refractivity contribution >= 4 is 69.3 Å². The number of nitrogens with one attached hydrogen (secondary N) is 3. The summed E-state index contributed by atoms with van der Waals surface area (Å²) in [5.41, 5.74) is 1.55. The van der Waals surface area contributed by atoms with Crippen LogP contribution in [-0.2, 0) is 32.0 Å². The van der Waals surface area contributed by atoms with E-state index in [9.17, 15) is 24.4 Å². The van der Waals surface area contributed by atoms with E-state index in [2.05, 4.69) is 27.0 Å². The number of nitriles is 1. The first-order chi connectivity index (χ1) is 13.4. The van der Waals surface area contributed by atoms with Crippen LogP contribution in [0.15, 0.2) is 4.99 Å². The molecule has 1 atom stereocenters. The Morgan fingerprint density at radius 3 is 2.72 bits per heavy atom. The number of aryl methyl sites for hydroxylation is 1. The molecule has 9 nitrogen and oxygen atoms in total. The molecule has 3 N–H and O–H groups in total. The number of thioether (sulfide) groups is 1. The maximum Gasteiger partial charge on any atom is 0.280 e. The Morgan fingerprint density at radius 2 is 2.07 bits per heavy atom. The number of carbonyl (C=O) groups excluding carboxylic acids is 4. The molecule has 0 bridgehead atoms. The Hall–Kier alpha value is -2.42. The van der Waals surface area contributed by atoms with E-state index in [-0.39, 0.29) is 29.2 Å². The molecule has 0 spiro atoms. The number of rotatable bonds is 4. The quantitative estimate of drug-likeness (QED) is 0.581. The molecule has 0 saturated heterocycles. The summed E-state index contributed by atoms with van der Waals surface area (Å²) in [6.45, 7) is 1.19. The van der Waals surface area contributed by atoms with Gasteiger partial charge in [-0.1, -0.05) is 11.8 Å². The van der Waals surface area contributed by atoms with E-state index in [1.807, 2.05) is 0 Å². The van der Waals surface area contributed by atoms with E-state index < -0.39 is 23.8 Å². The van der Waals surface area contributed by atoms with Crippen molar-refractivity contribution in [1.82, 2.24) is 10.6 Å². The van der Waals surface area contributed by atoms with Gasteiger partial charge < -0.3 is 16.0 Å². The van der Waals surface area contributed by atoms with E-state index in [4.69, 9.17) is 0 Å². The van der Waals surface area contributed by atoms with Crippen LogP contribution in [0.1, 0.15) is 35.8 Å². The minimum Gasteiger partial charge on any atom is -0.337 e. The summed E-state index contributed by atoms with van der Waals surface area (Å²) >= 11 is 2.32. The molecule has 154 valence electrons. The SMILES string of the molecule is CC(=O)NC1C(=O)N=C(SCC(=O)Nc2sc3c(c2C#N)CCCC3)NC1=O.Cl. The maximum atomic E-state index is 12.3. The number of aliphatic imine (C=N–C) groups is 1. The first kappa shape index (κ1) is 22.9. The molecule has 0 radical (unpaired) electrons. The largest absolute Gasteiger partial charge is 0.337 e. The van der Waals surface area contributed by atoms with Crippen LogP contribution >= 0.6 is 35.5 Å². The number of nitrogens with zero attached hydrogens (tertiary/aromatic N) is 2. The van der Waals surface area contributed by atoms with E-state index in [0.717, 1.165) is 47.9 Å². The molecule has 4 amide bonds. The van der Waals surface area contributed by atoms with Gasteiger partial charge in [-0.2, -0.15) is 10.3 Å². The molecule has 0 fully saturated rings. The van der Waals surface area contributed by atoms with Crippen molar-refractivity contribution in [1.29, 1.82) is 5.26 Å². The molecule has 3 rings (SSSR count). The van der Waals surface area contributed by atoms with Crippen LogP contribution in [0, 0.1) is 11.3 Å². The Morgan fingerprint density at radius 1 is 1.34 bits per heavy atom. The van der Waals surface area contributed by atoms with Crippen LogP contribution in [0.4, 0.5) is 5.00 Å². The fourth-order valence-corrected chi connectivity index (χ4v) is 4.87. The lowest BCUT2D eigenvalue weighted by Crippen LogP contribution is -2.54. The van der Waals surface area contributed by atoms with Gasteiger partial charge in [0.2, 0.25) is 11.8 Å². The van der Waals surface area contributed by atoms with Crippen LogP contribution in [0.3, 0.4) is 0 Å². The van der Waals surface area contributed by atoms with Gasteiger partial charge in [-0.15, -0.1) is 23.7 Å². The average molecular weight is 456 g/mol. The molecule has 0 aromatic carbocycles. The van der Waals surface area contributed by atoms with Crippen molar-refractivity contribution in [2.24, 2.45) is 4.99 Å². The molecular weight excluding hydrogens is 438 g/mol. The Bertz CT molecular complexity index is 937. The molecule has 12 heteroatoms. The third-order valence-electron chi connectivity index (χ3n) is 4.17. The molecule has 1 aromatic rings. The van der Waals surface area contributed by atoms with Gasteiger partial charge in [0, 0.05) is 11.8 Å². The van der Waals surface area contributed by atoms with Crippen molar-refractivity contribution in [3.8, 4) is 6.07 Å². The lowest BCUT2D eigenvalue weighted by atomic mass is 9.96. The van der Waals surface area contributed by atoms with Gasteiger partial charge in [-0.05, 0) is 31.2 Å². The van der Waals surface area contributed by atoms with Gasteiger partial charge in [0.25, 0.3) is 11.8 Å². The van der Waals surface area contributed by atoms with Gasteiger partial charge in [0.1, 0.15) is 11.1 Å². The van der Waals surface area contributed by atoms with Gasteiger partial charge in [-0.3, -0.25) is 19.2 Å². The van der Waals surface area contributed by atoms with Crippen LogP contribution in [0.25, 0.3) is 0 Å². The number of carbonyl (C=O) groups is 4. The lowest BCUT2D eigenvalue weighted by Gasteiger charge is -2.19. The fraction of sp³-hybridized carbons (Fsp3) is 0.412. The molecule has 1 aromatic heterocycles. The van der Waals surface area contributed by atoms with Gasteiger partial charge >= 0.3 is 0 Å². The summed E-state index contributed by atoms with van der Waals surface area (Å²) < 4.78 is 0. The highest BCUT2D eigenvalue weighted by atomic mass is 35.5. The molecule has 1 aliphatic carbocycles. The second kappa shape index (κ2) is 9.87. The highest BCUT2D eigenvalue weighted by Gasteiger charge is 2.33. The number of hydrogen-bond acceptors (Lipinski definition) is 7. The Balaban J connectivity index is 0.00000300. The van der Waals surface area contributed by atoms with Gasteiger partial charge in [0.05, 0.1) is 11.3 Å². The second-order valence-electron chi connectivity index (χ2n) is 6.24. The van der Waals surface area contributed by atoms with Crippen LogP contribution < -0.4 is 16.0 Å². The minimum absolute atomic E-state index is 0. The molecule has 1 unspecified atom stereocenters. The summed E-state index contributed by atoms with van der Waals surface area (Å²) in [5.74, 6) is -2.47. The zero-order valence-corrected chi connectivity index (χ0v) is 17.8. The second-order valence-corrected chi connectivity index (χ2v) is 8.31. The summed E-state index contributed by atoms with van der Waals surface area (Å²) in [7, 11) is 0. The molecule has 2 heterocycles. The number of anilines is 1. The first-order valence-electron chi connectivity index (χ1n) is 8.57. The molecule has 29 heavy (non-hydrogen) atoms. The number of fused-ring (bicyclic) bond motifs is 1. The Labute approximate surface area is 181 Å². The number of halogens is 1. The maximum absolute atomic E-state index is 12.3. The van der Waals surface area contributed by atoms with Crippen molar-refractivity contribution in [3.05, 3.63) is 16.0 Å².